The Kier molecular flexibility index (Phi) is 3.13. The van der Waals surface area contributed by atoms with Crippen molar-refractivity contribution in [3.63, 3.8) is 0 Å². The van der Waals surface area contributed by atoms with Crippen LogP contribution in [0.3, 0.4) is 0 Å². The van der Waals surface area contributed by atoms with Gasteiger partial charge in [0.1, 0.15) is 17.1 Å². The Balaban J connectivity index is 2.45. The van der Waals surface area contributed by atoms with E-state index in [0.717, 1.165) is 0 Å². The van der Waals surface area contributed by atoms with Gasteiger partial charge in [-0.05, 0) is 13.0 Å². The Hall–Kier alpha value is -2.24. The highest BCUT2D eigenvalue weighted by Crippen LogP contribution is 2.16. The number of nitrogens with one attached hydrogen (secondary N) is 1. The largest absolute Gasteiger partial charge is 0.480 e. The molecule has 2 heterocycles. The molecule has 2 aromatic heterocycles. The smallest absolute Gasteiger partial charge is 0.231 e. The molecule has 0 aliphatic carbocycles. The highest BCUT2D eigenvalue weighted by molar-refractivity contribution is 5.90. The quantitative estimate of drug-likeness (QED) is 0.638. The van der Waals surface area contributed by atoms with Crippen molar-refractivity contribution in [1.29, 1.82) is 5.41 Å². The molecule has 0 saturated carbocycles. The Morgan fingerprint density at radius 3 is 2.82 bits per heavy atom. The van der Waals surface area contributed by atoms with Gasteiger partial charge in [0.25, 0.3) is 0 Å². The van der Waals surface area contributed by atoms with Gasteiger partial charge in [-0.15, -0.1) is 0 Å². The van der Waals surface area contributed by atoms with Gasteiger partial charge in [0, 0.05) is 18.9 Å². The molecule has 6 nitrogen and oxygen atoms in total. The van der Waals surface area contributed by atoms with Crippen LogP contribution in [0.15, 0.2) is 24.7 Å². The average Bonchev–Trinajstić information content (AvgIpc) is 2.83. The van der Waals surface area contributed by atoms with E-state index in [-0.39, 0.29) is 5.90 Å². The monoisotopic (exact) mass is 231 g/mol. The molecule has 0 amide bonds. The summed E-state index contributed by atoms with van der Waals surface area (Å²) in [5, 5.41) is 12.0. The van der Waals surface area contributed by atoms with E-state index >= 15 is 0 Å². The van der Waals surface area contributed by atoms with Crippen molar-refractivity contribution in [2.75, 3.05) is 7.11 Å². The minimum absolute atomic E-state index is 0.0921. The second-order valence-electron chi connectivity index (χ2n) is 3.35. The van der Waals surface area contributed by atoms with Crippen LogP contribution >= 0.6 is 0 Å². The van der Waals surface area contributed by atoms with Gasteiger partial charge < -0.3 is 4.74 Å². The van der Waals surface area contributed by atoms with Crippen LogP contribution in [0.5, 0.6) is 0 Å². The second-order valence-corrected chi connectivity index (χ2v) is 3.35. The number of aryl methyl sites for hydroxylation is 1. The molecule has 0 aliphatic rings. The first kappa shape index (κ1) is 11.3. The van der Waals surface area contributed by atoms with Crippen molar-refractivity contribution in [3.8, 4) is 11.4 Å². The molecular formula is C11H13N5O. The third kappa shape index (κ3) is 2.15. The molecule has 0 aliphatic heterocycles. The standard InChI is InChI=1S/C11H13N5O/c1-3-16-10(11(12)17-2)6-8(15-16)9-7-13-4-5-14-9/h4-7,12H,3H2,1-2H3. The number of nitrogens with zero attached hydrogens (tertiary/aromatic N) is 4. The zero-order chi connectivity index (χ0) is 12.3. The minimum Gasteiger partial charge on any atom is -0.480 e. The topological polar surface area (TPSA) is 76.7 Å². The maximum atomic E-state index is 7.68. The number of methoxy groups -OCH3 is 1. The van der Waals surface area contributed by atoms with E-state index in [4.69, 9.17) is 10.1 Å². The first-order valence-corrected chi connectivity index (χ1v) is 5.23. The zero-order valence-electron chi connectivity index (χ0n) is 9.71. The number of aromatic nitrogens is 4. The summed E-state index contributed by atoms with van der Waals surface area (Å²) in [6.45, 7) is 2.63. The van der Waals surface area contributed by atoms with Crippen molar-refractivity contribution in [3.05, 3.63) is 30.4 Å². The van der Waals surface area contributed by atoms with Crippen LogP contribution in [0.2, 0.25) is 0 Å². The summed E-state index contributed by atoms with van der Waals surface area (Å²) in [6.07, 6.45) is 4.86. The van der Waals surface area contributed by atoms with Crippen molar-refractivity contribution in [2.45, 2.75) is 13.5 Å². The highest BCUT2D eigenvalue weighted by Gasteiger charge is 2.13. The third-order valence-electron chi connectivity index (χ3n) is 2.34. The molecule has 0 atom stereocenters. The Morgan fingerprint density at radius 1 is 1.41 bits per heavy atom. The van der Waals surface area contributed by atoms with Crippen LogP contribution in [-0.2, 0) is 11.3 Å². The fraction of sp³-hybridized carbons (Fsp3) is 0.273. The van der Waals surface area contributed by atoms with Gasteiger partial charge in [-0.3, -0.25) is 20.1 Å². The van der Waals surface area contributed by atoms with E-state index < -0.39 is 0 Å². The molecule has 17 heavy (non-hydrogen) atoms. The van der Waals surface area contributed by atoms with E-state index in [9.17, 15) is 0 Å². The fourth-order valence-corrected chi connectivity index (χ4v) is 1.50. The van der Waals surface area contributed by atoms with Crippen molar-refractivity contribution < 1.29 is 4.74 Å². The molecule has 1 N–H and O–H groups in total. The summed E-state index contributed by atoms with van der Waals surface area (Å²) >= 11 is 0. The normalized spacial score (nSPS) is 10.2. The average molecular weight is 231 g/mol. The Bertz CT molecular complexity index is 520. The van der Waals surface area contributed by atoms with Crippen LogP contribution in [0.1, 0.15) is 12.6 Å². The maximum Gasteiger partial charge on any atom is 0.231 e. The number of rotatable bonds is 3. The summed E-state index contributed by atoms with van der Waals surface area (Å²) in [5.41, 5.74) is 2.01. The summed E-state index contributed by atoms with van der Waals surface area (Å²) in [7, 11) is 1.47. The second kappa shape index (κ2) is 4.73. The van der Waals surface area contributed by atoms with Gasteiger partial charge in [-0.25, -0.2) is 0 Å². The molecule has 2 rings (SSSR count). The molecule has 0 aromatic carbocycles. The van der Waals surface area contributed by atoms with Gasteiger partial charge >= 0.3 is 0 Å². The van der Waals surface area contributed by atoms with Crippen LogP contribution in [-0.4, -0.2) is 32.8 Å². The SMILES string of the molecule is CCn1nc(-c2cnccn2)cc1C(=N)OC. The molecule has 0 unspecified atom stereocenters. The van der Waals surface area contributed by atoms with Gasteiger partial charge in [0.15, 0.2) is 0 Å². The maximum absolute atomic E-state index is 7.68. The molecule has 0 spiro atoms. The van der Waals surface area contributed by atoms with Gasteiger partial charge in [-0.1, -0.05) is 0 Å². The predicted octanol–water partition coefficient (Wildman–Crippen LogP) is 1.33. The number of hydrogen-bond acceptors (Lipinski definition) is 5. The molecule has 0 bridgehead atoms. The third-order valence-corrected chi connectivity index (χ3v) is 2.34. The molecule has 0 radical (unpaired) electrons. The van der Waals surface area contributed by atoms with Crippen LogP contribution < -0.4 is 0 Å². The number of ether oxygens (including phenoxy) is 1. The Morgan fingerprint density at radius 2 is 2.24 bits per heavy atom. The summed E-state index contributed by atoms with van der Waals surface area (Å²) < 4.78 is 6.62. The van der Waals surface area contributed by atoms with Gasteiger partial charge in [0.05, 0.1) is 13.3 Å². The fourth-order valence-electron chi connectivity index (χ4n) is 1.50. The molecule has 88 valence electrons. The minimum atomic E-state index is 0.0921. The molecule has 6 heteroatoms. The van der Waals surface area contributed by atoms with E-state index in [2.05, 4.69) is 15.1 Å². The van der Waals surface area contributed by atoms with Crippen molar-refractivity contribution >= 4 is 5.90 Å². The van der Waals surface area contributed by atoms with Crippen molar-refractivity contribution in [2.24, 2.45) is 0 Å². The van der Waals surface area contributed by atoms with Crippen LogP contribution in [0.4, 0.5) is 0 Å². The molecule has 0 fully saturated rings. The van der Waals surface area contributed by atoms with E-state index in [0.29, 0.717) is 23.6 Å². The summed E-state index contributed by atoms with van der Waals surface area (Å²) in [4.78, 5) is 8.17. The molecule has 2 aromatic rings. The lowest BCUT2D eigenvalue weighted by Gasteiger charge is -2.03. The highest BCUT2D eigenvalue weighted by atomic mass is 16.5. The van der Waals surface area contributed by atoms with E-state index in [1.165, 1.54) is 7.11 Å². The lowest BCUT2D eigenvalue weighted by Crippen LogP contribution is -2.10. The van der Waals surface area contributed by atoms with Crippen molar-refractivity contribution in [1.82, 2.24) is 19.7 Å². The molecule has 0 saturated heterocycles. The van der Waals surface area contributed by atoms with Crippen LogP contribution in [0.25, 0.3) is 11.4 Å². The van der Waals surface area contributed by atoms with Gasteiger partial charge in [0.2, 0.25) is 5.90 Å². The first-order valence-electron chi connectivity index (χ1n) is 5.23. The lowest BCUT2D eigenvalue weighted by atomic mass is 10.3. The summed E-state index contributed by atoms with van der Waals surface area (Å²) in [6, 6.07) is 1.78. The van der Waals surface area contributed by atoms with Crippen LogP contribution in [0, 0.1) is 5.41 Å². The first-order chi connectivity index (χ1) is 8.26. The van der Waals surface area contributed by atoms with Gasteiger partial charge in [-0.2, -0.15) is 5.10 Å². The Labute approximate surface area is 98.8 Å². The predicted molar refractivity (Wildman–Crippen MR) is 62.8 cm³/mol. The number of hydrogen-bond donors (Lipinski definition) is 1. The zero-order valence-corrected chi connectivity index (χ0v) is 9.71. The summed E-state index contributed by atoms with van der Waals surface area (Å²) in [5.74, 6) is 0.0921. The van der Waals surface area contributed by atoms with E-state index in [1.54, 1.807) is 29.3 Å². The van der Waals surface area contributed by atoms with E-state index in [1.807, 2.05) is 6.92 Å². The molecular weight excluding hydrogens is 218 g/mol. The lowest BCUT2D eigenvalue weighted by molar-refractivity contribution is 0.395.